The number of ether oxygens (including phenoxy) is 2. The van der Waals surface area contributed by atoms with Crippen LogP contribution in [0, 0.1) is 5.82 Å². The van der Waals surface area contributed by atoms with Crippen LogP contribution in [0.3, 0.4) is 0 Å². The summed E-state index contributed by atoms with van der Waals surface area (Å²) < 4.78 is 49.3. The topological polar surface area (TPSA) is 72.9 Å². The number of piperidine rings is 1. The molecule has 1 aliphatic rings. The maximum atomic E-state index is 13.0. The summed E-state index contributed by atoms with van der Waals surface area (Å²) in [5.41, 5.74) is 0. The molecule has 1 heterocycles. The monoisotopic (exact) mass is 421 g/mol. The second-order valence-electron chi connectivity index (χ2n) is 6.77. The third-order valence-corrected chi connectivity index (χ3v) is 7.15. The molecule has 8 heteroatoms. The molecule has 0 aliphatic carbocycles. The van der Waals surface area contributed by atoms with Gasteiger partial charge in [-0.15, -0.1) is 0 Å². The molecule has 6 nitrogen and oxygen atoms in total. The van der Waals surface area contributed by atoms with Crippen molar-refractivity contribution in [3.63, 3.8) is 0 Å². The minimum absolute atomic E-state index is 0.108. The van der Waals surface area contributed by atoms with Crippen LogP contribution in [0.15, 0.2) is 53.4 Å². The molecular weight excluding hydrogens is 397 g/mol. The normalized spacial score (nSPS) is 15.2. The summed E-state index contributed by atoms with van der Waals surface area (Å²) in [4.78, 5) is 14.1. The summed E-state index contributed by atoms with van der Waals surface area (Å²) in [7, 11) is -3.54. The van der Waals surface area contributed by atoms with Crippen molar-refractivity contribution in [2.45, 2.75) is 29.9 Å². The Balaban J connectivity index is 1.50. The van der Waals surface area contributed by atoms with Gasteiger partial charge in [0, 0.05) is 13.1 Å². The number of hydrogen-bond donors (Lipinski definition) is 0. The van der Waals surface area contributed by atoms with E-state index in [4.69, 9.17) is 9.47 Å². The van der Waals surface area contributed by atoms with Gasteiger partial charge in [-0.3, -0.25) is 4.79 Å². The van der Waals surface area contributed by atoms with E-state index in [9.17, 15) is 17.6 Å². The number of halogens is 1. The standard InChI is InChI=1S/C21H24FNO5S/c1-2-27-17-5-7-18(8-6-17)28-15-21(24)23-13-11-20(12-14-23)29(25,26)19-9-3-16(22)4-10-19/h3-10,20H,2,11-15H2,1H3. The summed E-state index contributed by atoms with van der Waals surface area (Å²) in [6.07, 6.45) is 0.684. The number of benzene rings is 2. The number of rotatable bonds is 7. The number of carbonyl (C=O) groups excluding carboxylic acids is 1. The Kier molecular flexibility index (Phi) is 6.74. The van der Waals surface area contributed by atoms with Gasteiger partial charge in [-0.2, -0.15) is 0 Å². The Hall–Kier alpha value is -2.61. The molecule has 0 saturated carbocycles. The highest BCUT2D eigenvalue weighted by molar-refractivity contribution is 7.92. The van der Waals surface area contributed by atoms with E-state index in [2.05, 4.69) is 0 Å². The van der Waals surface area contributed by atoms with Crippen molar-refractivity contribution in [1.82, 2.24) is 4.90 Å². The fourth-order valence-corrected chi connectivity index (χ4v) is 5.00. The van der Waals surface area contributed by atoms with E-state index in [1.165, 1.54) is 12.1 Å². The van der Waals surface area contributed by atoms with Crippen LogP contribution in [0.5, 0.6) is 11.5 Å². The lowest BCUT2D eigenvalue weighted by atomic mass is 10.1. The second-order valence-corrected chi connectivity index (χ2v) is 9.00. The van der Waals surface area contributed by atoms with Gasteiger partial charge in [0.15, 0.2) is 16.4 Å². The molecule has 0 radical (unpaired) electrons. The Bertz CT molecular complexity index is 921. The summed E-state index contributed by atoms with van der Waals surface area (Å²) in [6, 6.07) is 11.9. The molecule has 0 N–H and O–H groups in total. The van der Waals surface area contributed by atoms with Crippen molar-refractivity contribution in [2.75, 3.05) is 26.3 Å². The van der Waals surface area contributed by atoms with Gasteiger partial charge in [0.1, 0.15) is 17.3 Å². The molecule has 2 aromatic rings. The van der Waals surface area contributed by atoms with Crippen LogP contribution in [0.2, 0.25) is 0 Å². The molecule has 0 aromatic heterocycles. The van der Waals surface area contributed by atoms with Crippen molar-refractivity contribution in [3.8, 4) is 11.5 Å². The number of carbonyl (C=O) groups is 1. The molecule has 1 amide bonds. The maximum absolute atomic E-state index is 13.0. The predicted octanol–water partition coefficient (Wildman–Crippen LogP) is 3.07. The van der Waals surface area contributed by atoms with E-state index < -0.39 is 20.9 Å². The average molecular weight is 421 g/mol. The van der Waals surface area contributed by atoms with Gasteiger partial charge in [-0.25, -0.2) is 12.8 Å². The molecule has 0 unspecified atom stereocenters. The van der Waals surface area contributed by atoms with Crippen LogP contribution in [0.4, 0.5) is 4.39 Å². The summed E-state index contributed by atoms with van der Waals surface area (Å²) in [5.74, 6) is 0.639. The number of amides is 1. The Labute approximate surface area is 170 Å². The molecule has 2 aromatic carbocycles. The molecule has 0 atom stereocenters. The van der Waals surface area contributed by atoms with E-state index in [0.29, 0.717) is 38.3 Å². The quantitative estimate of drug-likeness (QED) is 0.643. The van der Waals surface area contributed by atoms with Crippen LogP contribution >= 0.6 is 0 Å². The number of nitrogens with zero attached hydrogens (tertiary/aromatic N) is 1. The van der Waals surface area contributed by atoms with E-state index in [1.807, 2.05) is 6.92 Å². The van der Waals surface area contributed by atoms with Gasteiger partial charge in [-0.1, -0.05) is 0 Å². The third kappa shape index (κ3) is 5.26. The lowest BCUT2D eigenvalue weighted by molar-refractivity contribution is -0.134. The zero-order chi connectivity index (χ0) is 20.9. The molecule has 1 fully saturated rings. The molecule has 1 aliphatic heterocycles. The van der Waals surface area contributed by atoms with Gasteiger partial charge < -0.3 is 14.4 Å². The van der Waals surface area contributed by atoms with E-state index in [0.717, 1.165) is 17.9 Å². The van der Waals surface area contributed by atoms with Crippen molar-refractivity contribution in [3.05, 3.63) is 54.3 Å². The first kappa shape index (κ1) is 21.1. The van der Waals surface area contributed by atoms with Gasteiger partial charge in [-0.05, 0) is 68.3 Å². The number of hydrogen-bond acceptors (Lipinski definition) is 5. The maximum Gasteiger partial charge on any atom is 0.260 e. The molecule has 0 spiro atoms. The minimum Gasteiger partial charge on any atom is -0.494 e. The first-order chi connectivity index (χ1) is 13.9. The van der Waals surface area contributed by atoms with Crippen LogP contribution in [-0.4, -0.2) is 50.8 Å². The molecular formula is C21H24FNO5S. The van der Waals surface area contributed by atoms with Crippen molar-refractivity contribution >= 4 is 15.7 Å². The van der Waals surface area contributed by atoms with Crippen molar-refractivity contribution in [1.29, 1.82) is 0 Å². The largest absolute Gasteiger partial charge is 0.494 e. The Morgan fingerprint density at radius 2 is 1.55 bits per heavy atom. The highest BCUT2D eigenvalue weighted by Crippen LogP contribution is 2.25. The lowest BCUT2D eigenvalue weighted by Gasteiger charge is -2.31. The predicted molar refractivity (Wildman–Crippen MR) is 106 cm³/mol. The highest BCUT2D eigenvalue weighted by atomic mass is 32.2. The van der Waals surface area contributed by atoms with Crippen LogP contribution in [0.1, 0.15) is 19.8 Å². The Morgan fingerprint density at radius 3 is 2.10 bits per heavy atom. The number of sulfone groups is 1. The fraction of sp³-hybridized carbons (Fsp3) is 0.381. The van der Waals surface area contributed by atoms with E-state index in [1.54, 1.807) is 29.2 Å². The molecule has 3 rings (SSSR count). The first-order valence-electron chi connectivity index (χ1n) is 9.53. The third-order valence-electron chi connectivity index (χ3n) is 4.87. The van der Waals surface area contributed by atoms with Gasteiger partial charge in [0.05, 0.1) is 16.8 Å². The van der Waals surface area contributed by atoms with Crippen molar-refractivity contribution < 1.29 is 27.1 Å². The fourth-order valence-electron chi connectivity index (χ4n) is 3.27. The van der Waals surface area contributed by atoms with Crippen LogP contribution in [-0.2, 0) is 14.6 Å². The average Bonchev–Trinajstić information content (AvgIpc) is 2.73. The second kappa shape index (κ2) is 9.26. The van der Waals surface area contributed by atoms with Gasteiger partial charge in [0.25, 0.3) is 5.91 Å². The highest BCUT2D eigenvalue weighted by Gasteiger charge is 2.32. The summed E-state index contributed by atoms with van der Waals surface area (Å²) >= 11 is 0. The molecule has 156 valence electrons. The molecule has 0 bridgehead atoms. The number of likely N-dealkylation sites (tertiary alicyclic amines) is 1. The summed E-state index contributed by atoms with van der Waals surface area (Å²) in [5, 5.41) is -0.580. The SMILES string of the molecule is CCOc1ccc(OCC(=O)N2CCC(S(=O)(=O)c3ccc(F)cc3)CC2)cc1. The molecule has 29 heavy (non-hydrogen) atoms. The van der Waals surface area contributed by atoms with Crippen molar-refractivity contribution in [2.24, 2.45) is 0 Å². The first-order valence-corrected chi connectivity index (χ1v) is 11.1. The van der Waals surface area contributed by atoms with Crippen LogP contribution < -0.4 is 9.47 Å². The van der Waals surface area contributed by atoms with Gasteiger partial charge in [0.2, 0.25) is 0 Å². The van der Waals surface area contributed by atoms with Crippen LogP contribution in [0.25, 0.3) is 0 Å². The van der Waals surface area contributed by atoms with Gasteiger partial charge >= 0.3 is 0 Å². The smallest absolute Gasteiger partial charge is 0.260 e. The molecule has 1 saturated heterocycles. The lowest BCUT2D eigenvalue weighted by Crippen LogP contribution is -2.44. The van der Waals surface area contributed by atoms with E-state index in [-0.39, 0.29) is 17.4 Å². The summed E-state index contributed by atoms with van der Waals surface area (Å²) in [6.45, 7) is 3.05. The Morgan fingerprint density at radius 1 is 1.00 bits per heavy atom. The zero-order valence-corrected chi connectivity index (χ0v) is 17.0. The minimum atomic E-state index is -3.54. The zero-order valence-electron chi connectivity index (χ0n) is 16.2. The van der Waals surface area contributed by atoms with E-state index >= 15 is 0 Å².